The van der Waals surface area contributed by atoms with Crippen LogP contribution in [0.15, 0.2) is 42.5 Å². The number of carbonyl (C=O) groups is 1. The summed E-state index contributed by atoms with van der Waals surface area (Å²) in [6, 6.07) is 12.0. The number of hydrogen-bond donors (Lipinski definition) is 0. The minimum absolute atomic E-state index is 0.248. The van der Waals surface area contributed by atoms with E-state index in [9.17, 15) is 4.79 Å². The van der Waals surface area contributed by atoms with E-state index in [4.69, 9.17) is 31.1 Å². The molecule has 6 heteroatoms. The maximum Gasteiger partial charge on any atom is 0.349 e. The Morgan fingerprint density at radius 2 is 1.96 bits per heavy atom. The van der Waals surface area contributed by atoms with Crippen molar-refractivity contribution < 1.29 is 19.0 Å². The topological polar surface area (TPSA) is 68.5 Å². The van der Waals surface area contributed by atoms with Gasteiger partial charge in [0.05, 0.1) is 13.2 Å². The van der Waals surface area contributed by atoms with E-state index in [1.54, 1.807) is 42.5 Å². The zero-order valence-corrected chi connectivity index (χ0v) is 14.5. The molecule has 0 aliphatic rings. The largest absolute Gasteiger partial charge is 0.493 e. The predicted molar refractivity (Wildman–Crippen MR) is 95.0 cm³/mol. The molecule has 0 spiro atoms. The van der Waals surface area contributed by atoms with Gasteiger partial charge < -0.3 is 14.2 Å². The molecule has 0 bridgehead atoms. The van der Waals surface area contributed by atoms with Gasteiger partial charge in [-0.25, -0.2) is 4.79 Å². The first-order chi connectivity index (χ1) is 12.0. The molecule has 0 aliphatic heterocycles. The third-order valence-corrected chi connectivity index (χ3v) is 3.48. The highest BCUT2D eigenvalue weighted by atomic mass is 35.5. The lowest BCUT2D eigenvalue weighted by atomic mass is 10.2. The molecule has 0 aromatic heterocycles. The summed E-state index contributed by atoms with van der Waals surface area (Å²) < 4.78 is 15.9. The summed E-state index contributed by atoms with van der Waals surface area (Å²) in [4.78, 5) is 12.0. The summed E-state index contributed by atoms with van der Waals surface area (Å²) in [6.45, 7) is 1.59. The number of halogens is 1. The number of nitrogens with zero attached hydrogens (tertiary/aromatic N) is 1. The van der Waals surface area contributed by atoms with Crippen LogP contribution in [-0.4, -0.2) is 19.7 Å². The van der Waals surface area contributed by atoms with Crippen LogP contribution < -0.4 is 14.2 Å². The number of ether oxygens (including phenoxy) is 3. The molecule has 2 aromatic rings. The van der Waals surface area contributed by atoms with Crippen LogP contribution in [0.1, 0.15) is 11.1 Å². The summed E-state index contributed by atoms with van der Waals surface area (Å²) in [7, 11) is 1.47. The average molecular weight is 358 g/mol. The lowest BCUT2D eigenvalue weighted by Crippen LogP contribution is -2.18. The van der Waals surface area contributed by atoms with E-state index in [1.807, 2.05) is 13.0 Å². The lowest BCUT2D eigenvalue weighted by molar-refractivity contribution is -0.136. The van der Waals surface area contributed by atoms with E-state index in [0.29, 0.717) is 16.5 Å². The van der Waals surface area contributed by atoms with Crippen LogP contribution in [0.5, 0.6) is 17.2 Å². The Bertz CT molecular complexity index is 840. The number of allylic oxidation sites excluding steroid dienone is 1. The molecule has 0 heterocycles. The molecule has 0 amide bonds. The van der Waals surface area contributed by atoms with Crippen LogP contribution in [0.2, 0.25) is 5.02 Å². The first-order valence-electron chi connectivity index (χ1n) is 7.37. The standard InChI is InChI=1S/C19H16ClNO4/c1-13-10-15(20)6-8-16(13)24-12-19(22)25-17-7-5-14(4-3-9-21)11-18(17)23-2/h3-8,10-11H,12H2,1-2H3/b4-3-. The number of methoxy groups -OCH3 is 1. The van der Waals surface area contributed by atoms with Crippen molar-refractivity contribution in [1.29, 1.82) is 5.26 Å². The van der Waals surface area contributed by atoms with Crippen molar-refractivity contribution in [3.8, 4) is 23.3 Å². The third-order valence-electron chi connectivity index (χ3n) is 3.24. The van der Waals surface area contributed by atoms with Crippen LogP contribution >= 0.6 is 11.6 Å². The van der Waals surface area contributed by atoms with Gasteiger partial charge in [-0.1, -0.05) is 17.7 Å². The van der Waals surface area contributed by atoms with Crippen LogP contribution in [-0.2, 0) is 4.79 Å². The summed E-state index contributed by atoms with van der Waals surface area (Å²) in [5.74, 6) is 0.660. The molecule has 128 valence electrons. The Hall–Kier alpha value is -2.97. The van der Waals surface area contributed by atoms with Crippen molar-refractivity contribution >= 4 is 23.6 Å². The van der Waals surface area contributed by atoms with E-state index in [-0.39, 0.29) is 12.4 Å². The molecule has 0 unspecified atom stereocenters. The molecular weight excluding hydrogens is 342 g/mol. The van der Waals surface area contributed by atoms with Gasteiger partial charge in [0.2, 0.25) is 0 Å². The highest BCUT2D eigenvalue weighted by molar-refractivity contribution is 6.30. The third kappa shape index (κ3) is 5.27. The van der Waals surface area contributed by atoms with Crippen molar-refractivity contribution in [3.63, 3.8) is 0 Å². The van der Waals surface area contributed by atoms with Crippen molar-refractivity contribution in [2.75, 3.05) is 13.7 Å². The molecular formula is C19H16ClNO4. The SMILES string of the molecule is COc1cc(/C=C\C#N)ccc1OC(=O)COc1ccc(Cl)cc1C. The fourth-order valence-electron chi connectivity index (χ4n) is 2.07. The van der Waals surface area contributed by atoms with Crippen molar-refractivity contribution in [3.05, 3.63) is 58.6 Å². The molecule has 0 N–H and O–H groups in total. The highest BCUT2D eigenvalue weighted by Gasteiger charge is 2.12. The average Bonchev–Trinajstić information content (AvgIpc) is 2.60. The van der Waals surface area contributed by atoms with Gasteiger partial charge in [0.15, 0.2) is 18.1 Å². The molecule has 0 atom stereocenters. The molecule has 0 fully saturated rings. The Kier molecular flexibility index (Phi) is 6.44. The summed E-state index contributed by atoms with van der Waals surface area (Å²) in [6.07, 6.45) is 2.98. The molecule has 5 nitrogen and oxygen atoms in total. The second-order valence-corrected chi connectivity index (χ2v) is 5.48. The smallest absolute Gasteiger partial charge is 0.349 e. The zero-order chi connectivity index (χ0) is 18.2. The van der Waals surface area contributed by atoms with Gasteiger partial charge in [0.1, 0.15) is 5.75 Å². The molecule has 25 heavy (non-hydrogen) atoms. The van der Waals surface area contributed by atoms with Crippen molar-refractivity contribution in [2.45, 2.75) is 6.92 Å². The first kappa shape index (κ1) is 18.4. The molecule has 0 radical (unpaired) electrons. The quantitative estimate of drug-likeness (QED) is 0.440. The number of rotatable bonds is 6. The number of benzene rings is 2. The van der Waals surface area contributed by atoms with Crippen molar-refractivity contribution in [2.24, 2.45) is 0 Å². The van der Waals surface area contributed by atoms with E-state index in [1.165, 1.54) is 13.2 Å². The number of carbonyl (C=O) groups excluding carboxylic acids is 1. The number of nitriles is 1. The lowest BCUT2D eigenvalue weighted by Gasteiger charge is -2.11. The maximum absolute atomic E-state index is 12.0. The molecule has 2 aromatic carbocycles. The zero-order valence-electron chi connectivity index (χ0n) is 13.8. The van der Waals surface area contributed by atoms with E-state index < -0.39 is 5.97 Å². The summed E-state index contributed by atoms with van der Waals surface area (Å²) in [5, 5.41) is 9.16. The van der Waals surface area contributed by atoms with Crippen LogP contribution in [0.4, 0.5) is 0 Å². The Labute approximate surface area is 151 Å². The number of aryl methyl sites for hydroxylation is 1. The number of esters is 1. The Morgan fingerprint density at radius 1 is 1.20 bits per heavy atom. The second-order valence-electron chi connectivity index (χ2n) is 5.05. The van der Waals surface area contributed by atoms with Gasteiger partial charge in [-0.15, -0.1) is 0 Å². The molecule has 0 saturated carbocycles. The van der Waals surface area contributed by atoms with Gasteiger partial charge in [0, 0.05) is 11.1 Å². The minimum Gasteiger partial charge on any atom is -0.493 e. The fraction of sp³-hybridized carbons (Fsp3) is 0.158. The maximum atomic E-state index is 12.0. The molecule has 0 saturated heterocycles. The number of hydrogen-bond acceptors (Lipinski definition) is 5. The van der Waals surface area contributed by atoms with Crippen LogP contribution in [0.25, 0.3) is 6.08 Å². The molecule has 0 aliphatic carbocycles. The van der Waals surface area contributed by atoms with Gasteiger partial charge in [-0.2, -0.15) is 5.26 Å². The molecule has 2 rings (SSSR count). The van der Waals surface area contributed by atoms with E-state index >= 15 is 0 Å². The van der Waals surface area contributed by atoms with Crippen LogP contribution in [0, 0.1) is 18.3 Å². The summed E-state index contributed by atoms with van der Waals surface area (Å²) in [5.41, 5.74) is 1.58. The van der Waals surface area contributed by atoms with Gasteiger partial charge in [-0.3, -0.25) is 0 Å². The van der Waals surface area contributed by atoms with Gasteiger partial charge >= 0.3 is 5.97 Å². The van der Waals surface area contributed by atoms with Gasteiger partial charge in [0.25, 0.3) is 0 Å². The highest BCUT2D eigenvalue weighted by Crippen LogP contribution is 2.29. The Balaban J connectivity index is 2.02. The predicted octanol–water partition coefficient (Wildman–Crippen LogP) is 4.18. The van der Waals surface area contributed by atoms with E-state index in [0.717, 1.165) is 11.1 Å². The minimum atomic E-state index is -0.562. The monoisotopic (exact) mass is 357 g/mol. The second kappa shape index (κ2) is 8.76. The summed E-state index contributed by atoms with van der Waals surface area (Å²) >= 11 is 5.88. The van der Waals surface area contributed by atoms with Gasteiger partial charge in [-0.05, 0) is 54.5 Å². The van der Waals surface area contributed by atoms with Crippen molar-refractivity contribution in [1.82, 2.24) is 0 Å². The van der Waals surface area contributed by atoms with Crippen LogP contribution in [0.3, 0.4) is 0 Å². The van der Waals surface area contributed by atoms with E-state index in [2.05, 4.69) is 0 Å². The Morgan fingerprint density at radius 3 is 2.64 bits per heavy atom. The fourth-order valence-corrected chi connectivity index (χ4v) is 2.30. The first-order valence-corrected chi connectivity index (χ1v) is 7.75. The normalized spacial score (nSPS) is 10.3.